The standard InChI is InChI=1S/C15H14F2N2O2/c16-11-5-6-13(18)14(7-11)19-15(20)9-21-8-10-3-1-2-4-12(10)17/h1-7H,8-9,18H2,(H,19,20). The van der Waals surface area contributed by atoms with Gasteiger partial charge in [0.1, 0.15) is 18.2 Å². The predicted octanol–water partition coefficient (Wildman–Crippen LogP) is 2.70. The number of halogens is 2. The van der Waals surface area contributed by atoms with Gasteiger partial charge in [-0.1, -0.05) is 18.2 Å². The number of rotatable bonds is 5. The molecule has 4 nitrogen and oxygen atoms in total. The van der Waals surface area contributed by atoms with Crippen LogP contribution < -0.4 is 11.1 Å². The van der Waals surface area contributed by atoms with Crippen LogP contribution in [0.4, 0.5) is 20.2 Å². The first-order chi connectivity index (χ1) is 10.1. The second-order valence-corrected chi connectivity index (χ2v) is 4.36. The molecular weight excluding hydrogens is 278 g/mol. The number of anilines is 2. The summed E-state index contributed by atoms with van der Waals surface area (Å²) in [5, 5.41) is 2.43. The molecule has 0 saturated heterocycles. The van der Waals surface area contributed by atoms with Gasteiger partial charge in [0.25, 0.3) is 0 Å². The molecule has 2 aromatic carbocycles. The maximum absolute atomic E-state index is 13.3. The first-order valence-electron chi connectivity index (χ1n) is 6.22. The van der Waals surface area contributed by atoms with Crippen molar-refractivity contribution in [1.82, 2.24) is 0 Å². The summed E-state index contributed by atoms with van der Waals surface area (Å²) in [5.74, 6) is -1.40. The summed E-state index contributed by atoms with van der Waals surface area (Å²) in [5.41, 5.74) is 6.39. The highest BCUT2D eigenvalue weighted by molar-refractivity contribution is 5.94. The van der Waals surface area contributed by atoms with Gasteiger partial charge in [-0.2, -0.15) is 0 Å². The van der Waals surface area contributed by atoms with Crippen molar-refractivity contribution in [2.45, 2.75) is 6.61 Å². The fourth-order valence-electron chi connectivity index (χ4n) is 1.69. The van der Waals surface area contributed by atoms with Crippen LogP contribution in [0.5, 0.6) is 0 Å². The largest absolute Gasteiger partial charge is 0.397 e. The van der Waals surface area contributed by atoms with Crippen LogP contribution in [-0.2, 0) is 16.1 Å². The van der Waals surface area contributed by atoms with E-state index in [1.54, 1.807) is 18.2 Å². The van der Waals surface area contributed by atoms with Gasteiger partial charge in [0, 0.05) is 5.56 Å². The summed E-state index contributed by atoms with van der Waals surface area (Å²) in [6, 6.07) is 9.78. The van der Waals surface area contributed by atoms with Crippen molar-refractivity contribution in [2.24, 2.45) is 0 Å². The molecule has 0 aliphatic rings. The van der Waals surface area contributed by atoms with E-state index >= 15 is 0 Å². The zero-order valence-corrected chi connectivity index (χ0v) is 11.1. The fraction of sp³-hybridized carbons (Fsp3) is 0.133. The first kappa shape index (κ1) is 14.9. The van der Waals surface area contributed by atoms with Crippen molar-refractivity contribution >= 4 is 17.3 Å². The maximum Gasteiger partial charge on any atom is 0.250 e. The van der Waals surface area contributed by atoms with E-state index in [-0.39, 0.29) is 24.6 Å². The number of nitrogens with one attached hydrogen (secondary N) is 1. The van der Waals surface area contributed by atoms with Gasteiger partial charge in [-0.3, -0.25) is 4.79 Å². The highest BCUT2D eigenvalue weighted by Gasteiger charge is 2.07. The van der Waals surface area contributed by atoms with Gasteiger partial charge in [-0.05, 0) is 24.3 Å². The summed E-state index contributed by atoms with van der Waals surface area (Å²) in [6.45, 7) is -0.316. The first-order valence-corrected chi connectivity index (χ1v) is 6.22. The van der Waals surface area contributed by atoms with E-state index in [1.165, 1.54) is 18.2 Å². The molecule has 0 saturated carbocycles. The van der Waals surface area contributed by atoms with E-state index in [0.29, 0.717) is 5.56 Å². The van der Waals surface area contributed by atoms with Gasteiger partial charge in [-0.15, -0.1) is 0 Å². The molecule has 0 aromatic heterocycles. The van der Waals surface area contributed by atoms with Crippen molar-refractivity contribution < 1.29 is 18.3 Å². The zero-order valence-electron chi connectivity index (χ0n) is 11.1. The van der Waals surface area contributed by atoms with Crippen molar-refractivity contribution in [1.29, 1.82) is 0 Å². The number of ether oxygens (including phenoxy) is 1. The zero-order chi connectivity index (χ0) is 15.2. The van der Waals surface area contributed by atoms with Crippen LogP contribution in [0.3, 0.4) is 0 Å². The molecule has 2 rings (SSSR count). The van der Waals surface area contributed by atoms with Crippen LogP contribution in [0, 0.1) is 11.6 Å². The van der Waals surface area contributed by atoms with Gasteiger partial charge in [0.05, 0.1) is 18.0 Å². The van der Waals surface area contributed by atoms with Gasteiger partial charge in [0.2, 0.25) is 5.91 Å². The lowest BCUT2D eigenvalue weighted by atomic mass is 10.2. The molecule has 21 heavy (non-hydrogen) atoms. The molecule has 1 amide bonds. The number of carbonyl (C=O) groups excluding carboxylic acids is 1. The topological polar surface area (TPSA) is 64.3 Å². The summed E-state index contributed by atoms with van der Waals surface area (Å²) < 4.78 is 31.5. The van der Waals surface area contributed by atoms with Crippen LogP contribution in [0.15, 0.2) is 42.5 Å². The van der Waals surface area contributed by atoms with Gasteiger partial charge in [-0.25, -0.2) is 8.78 Å². The molecule has 2 aromatic rings. The Kier molecular flexibility index (Phi) is 4.84. The van der Waals surface area contributed by atoms with Crippen molar-refractivity contribution in [3.05, 3.63) is 59.7 Å². The molecular formula is C15H14F2N2O2. The number of nitrogen functional groups attached to an aromatic ring is 1. The molecule has 3 N–H and O–H groups in total. The monoisotopic (exact) mass is 292 g/mol. The number of amides is 1. The molecule has 6 heteroatoms. The quantitative estimate of drug-likeness (QED) is 0.833. The third kappa shape index (κ3) is 4.25. The lowest BCUT2D eigenvalue weighted by Crippen LogP contribution is -2.19. The molecule has 0 spiro atoms. The van der Waals surface area contributed by atoms with Crippen LogP contribution >= 0.6 is 0 Å². The highest BCUT2D eigenvalue weighted by atomic mass is 19.1. The second kappa shape index (κ2) is 6.81. The Morgan fingerprint density at radius 2 is 1.95 bits per heavy atom. The van der Waals surface area contributed by atoms with Gasteiger partial charge >= 0.3 is 0 Å². The van der Waals surface area contributed by atoms with Crippen molar-refractivity contribution in [3.8, 4) is 0 Å². The molecule has 0 heterocycles. The lowest BCUT2D eigenvalue weighted by molar-refractivity contribution is -0.121. The van der Waals surface area contributed by atoms with E-state index in [1.807, 2.05) is 0 Å². The maximum atomic E-state index is 13.3. The normalized spacial score (nSPS) is 10.4. The van der Waals surface area contributed by atoms with Gasteiger partial charge in [0.15, 0.2) is 0 Å². The minimum absolute atomic E-state index is 0.0290. The Morgan fingerprint density at radius 3 is 2.71 bits per heavy atom. The van der Waals surface area contributed by atoms with E-state index in [4.69, 9.17) is 10.5 Å². The third-order valence-electron chi connectivity index (χ3n) is 2.74. The minimum Gasteiger partial charge on any atom is -0.397 e. The molecule has 0 fully saturated rings. The molecule has 0 aliphatic carbocycles. The minimum atomic E-state index is -0.508. The average molecular weight is 292 g/mol. The molecule has 0 bridgehead atoms. The fourth-order valence-corrected chi connectivity index (χ4v) is 1.69. The lowest BCUT2D eigenvalue weighted by Gasteiger charge is -2.09. The summed E-state index contributed by atoms with van der Waals surface area (Å²) in [7, 11) is 0. The Hall–Kier alpha value is -2.47. The van der Waals surface area contributed by atoms with Crippen LogP contribution in [-0.4, -0.2) is 12.5 Å². The number of hydrogen-bond acceptors (Lipinski definition) is 3. The molecule has 0 atom stereocenters. The highest BCUT2D eigenvalue weighted by Crippen LogP contribution is 2.19. The Balaban J connectivity index is 1.85. The summed E-state index contributed by atoms with van der Waals surface area (Å²) in [6.07, 6.45) is 0. The number of carbonyl (C=O) groups is 1. The van der Waals surface area contributed by atoms with E-state index < -0.39 is 17.5 Å². The van der Waals surface area contributed by atoms with E-state index in [0.717, 1.165) is 6.07 Å². The van der Waals surface area contributed by atoms with Crippen LogP contribution in [0.25, 0.3) is 0 Å². The van der Waals surface area contributed by atoms with E-state index in [2.05, 4.69) is 5.32 Å². The average Bonchev–Trinajstić information content (AvgIpc) is 2.45. The number of hydrogen-bond donors (Lipinski definition) is 2. The molecule has 0 radical (unpaired) electrons. The molecule has 0 aliphatic heterocycles. The Bertz CT molecular complexity index is 647. The number of benzene rings is 2. The smallest absolute Gasteiger partial charge is 0.250 e. The van der Waals surface area contributed by atoms with Crippen LogP contribution in [0.2, 0.25) is 0 Å². The van der Waals surface area contributed by atoms with Crippen molar-refractivity contribution in [2.75, 3.05) is 17.7 Å². The molecule has 110 valence electrons. The summed E-state index contributed by atoms with van der Waals surface area (Å²) in [4.78, 5) is 11.6. The number of nitrogens with two attached hydrogens (primary N) is 1. The SMILES string of the molecule is Nc1ccc(F)cc1NC(=O)COCc1ccccc1F. The van der Waals surface area contributed by atoms with Gasteiger partial charge < -0.3 is 15.8 Å². The summed E-state index contributed by atoms with van der Waals surface area (Å²) >= 11 is 0. The third-order valence-corrected chi connectivity index (χ3v) is 2.74. The predicted molar refractivity (Wildman–Crippen MR) is 75.5 cm³/mol. The Labute approximate surface area is 120 Å². The van der Waals surface area contributed by atoms with E-state index in [9.17, 15) is 13.6 Å². The van der Waals surface area contributed by atoms with Crippen molar-refractivity contribution in [3.63, 3.8) is 0 Å². The second-order valence-electron chi connectivity index (χ2n) is 4.36. The Morgan fingerprint density at radius 1 is 1.19 bits per heavy atom. The molecule has 0 unspecified atom stereocenters. The van der Waals surface area contributed by atoms with Crippen LogP contribution in [0.1, 0.15) is 5.56 Å².